The highest BCUT2D eigenvalue weighted by molar-refractivity contribution is 5.82. The molecular weight excluding hydrogens is 556 g/mol. The Morgan fingerprint density at radius 2 is 1.95 bits per heavy atom. The summed E-state index contributed by atoms with van der Waals surface area (Å²) in [4.78, 5) is 18.3. The molecule has 1 atom stereocenters. The molecule has 216 valence electrons. The van der Waals surface area contributed by atoms with Crippen LogP contribution in [-0.2, 0) is 23.7 Å². The van der Waals surface area contributed by atoms with Crippen LogP contribution in [0.5, 0.6) is 17.2 Å². The molecule has 3 aromatic carbocycles. The van der Waals surface area contributed by atoms with Crippen LogP contribution in [0.4, 0.5) is 17.6 Å². The number of H-pyrrole nitrogens is 1. The summed E-state index contributed by atoms with van der Waals surface area (Å²) in [6.07, 6.45) is 2.01. The van der Waals surface area contributed by atoms with Gasteiger partial charge < -0.3 is 19.6 Å². The van der Waals surface area contributed by atoms with Crippen molar-refractivity contribution < 1.29 is 36.9 Å². The zero-order valence-corrected chi connectivity index (χ0v) is 22.5. The van der Waals surface area contributed by atoms with Crippen LogP contribution in [0.25, 0.3) is 22.3 Å². The van der Waals surface area contributed by atoms with Gasteiger partial charge in [-0.3, -0.25) is 4.79 Å². The van der Waals surface area contributed by atoms with E-state index in [4.69, 9.17) is 14.6 Å². The Bertz CT molecular complexity index is 1870. The molecule has 0 spiro atoms. The molecule has 5 aromatic rings. The van der Waals surface area contributed by atoms with E-state index in [9.17, 15) is 18.0 Å². The fourth-order valence-corrected chi connectivity index (χ4v) is 5.31. The van der Waals surface area contributed by atoms with Gasteiger partial charge in [0.05, 0.1) is 23.1 Å². The third-order valence-corrected chi connectivity index (χ3v) is 7.60. The number of carboxylic acids is 1. The third kappa shape index (κ3) is 4.43. The Labute approximate surface area is 236 Å². The van der Waals surface area contributed by atoms with Crippen LogP contribution in [0.2, 0.25) is 0 Å². The maximum atomic E-state index is 15.1. The number of carboxylic acid groups (broad SMARTS) is 1. The monoisotopic (exact) mass is 580 g/mol. The number of nitrogens with zero attached hydrogens (tertiary/aromatic N) is 3. The van der Waals surface area contributed by atoms with Gasteiger partial charge in [-0.2, -0.15) is 9.49 Å². The molecule has 0 bridgehead atoms. The molecule has 6 rings (SSSR count). The first kappa shape index (κ1) is 27.3. The number of carbonyl (C=O) groups is 1. The van der Waals surface area contributed by atoms with Crippen molar-refractivity contribution in [1.82, 2.24) is 19.7 Å². The first-order chi connectivity index (χ1) is 20.1. The van der Waals surface area contributed by atoms with Crippen LogP contribution in [0.15, 0.2) is 48.7 Å². The lowest BCUT2D eigenvalue weighted by Crippen LogP contribution is -2.33. The maximum absolute atomic E-state index is 15.1. The number of rotatable bonds is 7. The van der Waals surface area contributed by atoms with Gasteiger partial charge in [-0.1, -0.05) is 18.2 Å². The molecule has 0 amide bonds. The quantitative estimate of drug-likeness (QED) is 0.170. The van der Waals surface area contributed by atoms with Gasteiger partial charge in [0.15, 0.2) is 23.3 Å². The van der Waals surface area contributed by atoms with E-state index in [1.807, 2.05) is 25.1 Å². The summed E-state index contributed by atoms with van der Waals surface area (Å²) in [6.45, 7) is 2.26. The number of benzene rings is 3. The summed E-state index contributed by atoms with van der Waals surface area (Å²) in [5.74, 6) is -5.56. The van der Waals surface area contributed by atoms with Crippen molar-refractivity contribution in [2.45, 2.75) is 31.6 Å². The number of hydrogen-bond donors (Lipinski definition) is 2. The zero-order chi connectivity index (χ0) is 29.8. The Kier molecular flexibility index (Phi) is 6.63. The summed E-state index contributed by atoms with van der Waals surface area (Å²) >= 11 is 0. The van der Waals surface area contributed by atoms with E-state index < -0.39 is 40.4 Å². The van der Waals surface area contributed by atoms with Gasteiger partial charge in [-0.15, -0.1) is 0 Å². The largest absolute Gasteiger partial charge is 0.493 e. The Morgan fingerprint density at radius 1 is 1.14 bits per heavy atom. The van der Waals surface area contributed by atoms with Gasteiger partial charge >= 0.3 is 5.97 Å². The molecule has 1 aliphatic heterocycles. The number of aromatic amines is 1. The van der Waals surface area contributed by atoms with E-state index in [0.717, 1.165) is 17.2 Å². The maximum Gasteiger partial charge on any atom is 0.303 e. The molecule has 42 heavy (non-hydrogen) atoms. The number of ether oxygens (including phenoxy) is 2. The molecule has 1 aliphatic rings. The van der Waals surface area contributed by atoms with Crippen LogP contribution in [0.3, 0.4) is 0 Å². The van der Waals surface area contributed by atoms with Crippen LogP contribution in [0, 0.1) is 23.3 Å². The van der Waals surface area contributed by atoms with Crippen molar-refractivity contribution in [2.24, 2.45) is 7.05 Å². The minimum Gasteiger partial charge on any atom is -0.493 e. The smallest absolute Gasteiger partial charge is 0.303 e. The standard InChI is InChI=1S/C30H24F4N4O4/c1-30(11-13-41-26-15(6-9-21(39)40)4-3-5-19(26)30)29-36-28(38(2)37-29)18-14-16(7-8-20(18)31)42-27-22(32)17-10-12-35-25(17)23(33)24(27)34/h3-5,7-8,10,12,14,35H,6,9,11,13H2,1-2H3,(H,39,40)/t30-/m1/s1. The number of para-hydroxylation sites is 1. The molecule has 3 heterocycles. The molecule has 0 aliphatic carbocycles. The van der Waals surface area contributed by atoms with Gasteiger partial charge in [-0.05, 0) is 49.6 Å². The minimum absolute atomic E-state index is 0.0520. The summed E-state index contributed by atoms with van der Waals surface area (Å²) < 4.78 is 72.1. The van der Waals surface area contributed by atoms with E-state index in [2.05, 4.69) is 15.1 Å². The van der Waals surface area contributed by atoms with Crippen LogP contribution < -0.4 is 9.47 Å². The molecule has 2 N–H and O–H groups in total. The molecule has 0 radical (unpaired) electrons. The Morgan fingerprint density at radius 3 is 2.74 bits per heavy atom. The van der Waals surface area contributed by atoms with Gasteiger partial charge in [0.2, 0.25) is 11.6 Å². The van der Waals surface area contributed by atoms with E-state index >= 15 is 4.39 Å². The summed E-state index contributed by atoms with van der Waals surface area (Å²) in [5, 5.41) is 13.5. The first-order valence-corrected chi connectivity index (χ1v) is 13.1. The molecule has 0 saturated heterocycles. The van der Waals surface area contributed by atoms with Crippen molar-refractivity contribution in [3.63, 3.8) is 0 Å². The lowest BCUT2D eigenvalue weighted by atomic mass is 9.76. The normalized spacial score (nSPS) is 16.3. The molecule has 12 heteroatoms. The lowest BCUT2D eigenvalue weighted by Gasteiger charge is -2.34. The number of aromatic nitrogens is 4. The predicted molar refractivity (Wildman–Crippen MR) is 144 cm³/mol. The molecular formula is C30H24F4N4O4. The zero-order valence-electron chi connectivity index (χ0n) is 22.5. The number of aryl methyl sites for hydroxylation is 2. The number of hydrogen-bond acceptors (Lipinski definition) is 5. The molecule has 8 nitrogen and oxygen atoms in total. The van der Waals surface area contributed by atoms with Crippen molar-refractivity contribution in [1.29, 1.82) is 0 Å². The summed E-state index contributed by atoms with van der Waals surface area (Å²) in [6, 6.07) is 10.2. The highest BCUT2D eigenvalue weighted by Crippen LogP contribution is 2.45. The van der Waals surface area contributed by atoms with Crippen molar-refractivity contribution in [3.8, 4) is 28.6 Å². The highest BCUT2D eigenvalue weighted by Gasteiger charge is 2.40. The van der Waals surface area contributed by atoms with E-state index in [1.54, 1.807) is 7.05 Å². The average Bonchev–Trinajstić information content (AvgIpc) is 3.62. The fraction of sp³-hybridized carbons (Fsp3) is 0.233. The van der Waals surface area contributed by atoms with E-state index in [0.29, 0.717) is 24.6 Å². The average molecular weight is 581 g/mol. The van der Waals surface area contributed by atoms with Crippen LogP contribution in [-0.4, -0.2) is 37.4 Å². The second kappa shape index (κ2) is 10.2. The van der Waals surface area contributed by atoms with Gasteiger partial charge in [-0.25, -0.2) is 22.8 Å². The number of nitrogens with one attached hydrogen (secondary N) is 1. The number of fused-ring (bicyclic) bond motifs is 2. The lowest BCUT2D eigenvalue weighted by molar-refractivity contribution is -0.136. The van der Waals surface area contributed by atoms with Gasteiger partial charge in [0, 0.05) is 30.6 Å². The SMILES string of the molecule is Cn1nc([C@]2(C)CCOc3c(CCC(=O)O)cccc32)nc1-c1cc(Oc2c(F)c(F)c3[nH]ccc3c2F)ccc1F. The number of halogens is 4. The molecule has 0 fully saturated rings. The van der Waals surface area contributed by atoms with Crippen molar-refractivity contribution in [2.75, 3.05) is 6.61 Å². The summed E-state index contributed by atoms with van der Waals surface area (Å²) in [7, 11) is 1.58. The van der Waals surface area contributed by atoms with Crippen molar-refractivity contribution >= 4 is 16.9 Å². The third-order valence-electron chi connectivity index (χ3n) is 7.60. The second-order valence-electron chi connectivity index (χ2n) is 10.3. The van der Waals surface area contributed by atoms with E-state index in [-0.39, 0.29) is 40.9 Å². The Hall–Kier alpha value is -4.87. The van der Waals surface area contributed by atoms with E-state index in [1.165, 1.54) is 29.1 Å². The van der Waals surface area contributed by atoms with Crippen LogP contribution >= 0.6 is 0 Å². The predicted octanol–water partition coefficient (Wildman–Crippen LogP) is 6.42. The highest BCUT2D eigenvalue weighted by atomic mass is 19.2. The first-order valence-electron chi connectivity index (χ1n) is 13.1. The number of aliphatic carboxylic acids is 1. The topological polar surface area (TPSA) is 102 Å². The molecule has 0 saturated carbocycles. The second-order valence-corrected chi connectivity index (χ2v) is 10.3. The molecule has 0 unspecified atom stereocenters. The fourth-order valence-electron chi connectivity index (χ4n) is 5.31. The molecule has 2 aromatic heterocycles. The van der Waals surface area contributed by atoms with Gasteiger partial charge in [0.1, 0.15) is 17.3 Å². The van der Waals surface area contributed by atoms with Crippen molar-refractivity contribution in [3.05, 3.63) is 88.9 Å². The van der Waals surface area contributed by atoms with Crippen LogP contribution in [0.1, 0.15) is 36.7 Å². The van der Waals surface area contributed by atoms with Gasteiger partial charge in [0.25, 0.3) is 0 Å². The Balaban J connectivity index is 1.37. The summed E-state index contributed by atoms with van der Waals surface area (Å²) in [5.41, 5.74) is 0.397. The minimum atomic E-state index is -1.52.